The predicted octanol–water partition coefficient (Wildman–Crippen LogP) is -0.251. The average molecular weight is 393 g/mol. The molecule has 11 heteroatoms. The Kier molecular flexibility index (Phi) is 6.22. The summed E-state index contributed by atoms with van der Waals surface area (Å²) in [5.74, 6) is -2.47. The number of carbonyl (C=O) groups is 1. The van der Waals surface area contributed by atoms with Gasteiger partial charge in [-0.1, -0.05) is 13.8 Å². The van der Waals surface area contributed by atoms with Crippen molar-refractivity contribution in [3.63, 3.8) is 0 Å². The molecule has 2 heterocycles. The first-order valence-electron chi connectivity index (χ1n) is 7.99. The number of carbonyl (C=O) groups excluding carboxylic acids is 1. The van der Waals surface area contributed by atoms with Crippen LogP contribution in [0.25, 0.3) is 0 Å². The van der Waals surface area contributed by atoms with E-state index in [2.05, 4.69) is 4.98 Å². The van der Waals surface area contributed by atoms with Crippen LogP contribution in [0.2, 0.25) is 0 Å². The number of ether oxygens (including phenoxy) is 2. The third kappa shape index (κ3) is 3.98. The second-order valence-corrected chi connectivity index (χ2v) is 6.83. The molecular formula is C15H22ClFN4O5. The molecule has 0 saturated carbocycles. The smallest absolute Gasteiger partial charge is 0.351 e. The van der Waals surface area contributed by atoms with Crippen molar-refractivity contribution in [1.82, 2.24) is 9.55 Å². The van der Waals surface area contributed by atoms with Crippen molar-refractivity contribution in [2.24, 2.45) is 11.7 Å². The molecule has 0 spiro atoms. The van der Waals surface area contributed by atoms with Gasteiger partial charge in [0.1, 0.15) is 24.5 Å². The maximum Gasteiger partial charge on any atom is 0.351 e. The van der Waals surface area contributed by atoms with E-state index in [0.29, 0.717) is 0 Å². The molecule has 2 rings (SSSR count). The molecule has 0 radical (unpaired) electrons. The highest BCUT2D eigenvalue weighted by Gasteiger charge is 2.50. The molecule has 4 atom stereocenters. The molecule has 9 nitrogen and oxygen atoms in total. The van der Waals surface area contributed by atoms with Gasteiger partial charge in [-0.25, -0.2) is 9.18 Å². The van der Waals surface area contributed by atoms with Gasteiger partial charge >= 0.3 is 11.7 Å². The van der Waals surface area contributed by atoms with Crippen LogP contribution >= 0.6 is 11.6 Å². The van der Waals surface area contributed by atoms with Gasteiger partial charge < -0.3 is 26.0 Å². The molecule has 146 valence electrons. The lowest BCUT2D eigenvalue weighted by Crippen LogP contribution is -2.48. The average Bonchev–Trinajstić information content (AvgIpc) is 2.92. The number of hydrogen-bond donors (Lipinski definition) is 3. The maximum absolute atomic E-state index is 13.6. The summed E-state index contributed by atoms with van der Waals surface area (Å²) in [4.78, 5) is 27.2. The first kappa shape index (κ1) is 20.6. The number of aliphatic hydroxyl groups excluding tert-OH is 1. The molecule has 1 aliphatic rings. The van der Waals surface area contributed by atoms with E-state index in [1.807, 2.05) is 0 Å². The van der Waals surface area contributed by atoms with Crippen LogP contribution in [0.3, 0.4) is 0 Å². The van der Waals surface area contributed by atoms with Crippen molar-refractivity contribution in [3.8, 4) is 0 Å². The van der Waals surface area contributed by atoms with Gasteiger partial charge in [-0.15, -0.1) is 11.6 Å². The highest BCUT2D eigenvalue weighted by atomic mass is 35.5. The van der Waals surface area contributed by atoms with E-state index < -0.39 is 47.3 Å². The molecule has 0 unspecified atom stereocenters. The molecule has 0 amide bonds. The van der Waals surface area contributed by atoms with E-state index in [1.165, 1.54) is 0 Å². The molecule has 1 aliphatic heterocycles. The third-order valence-corrected chi connectivity index (χ3v) is 4.78. The lowest BCUT2D eigenvalue weighted by atomic mass is 10.00. The van der Waals surface area contributed by atoms with Crippen LogP contribution in [0.1, 0.15) is 26.5 Å². The number of rotatable bonds is 6. The topological polar surface area (TPSA) is 143 Å². The van der Waals surface area contributed by atoms with Crippen LogP contribution < -0.4 is 17.2 Å². The minimum atomic E-state index is -1.46. The van der Waals surface area contributed by atoms with Crippen LogP contribution in [-0.4, -0.2) is 50.9 Å². The molecule has 1 aromatic rings. The fourth-order valence-corrected chi connectivity index (χ4v) is 2.81. The summed E-state index contributed by atoms with van der Waals surface area (Å²) in [6.45, 7) is 3.15. The zero-order valence-electron chi connectivity index (χ0n) is 14.4. The quantitative estimate of drug-likeness (QED) is 0.444. The molecule has 0 bridgehead atoms. The Morgan fingerprint density at radius 1 is 1.65 bits per heavy atom. The van der Waals surface area contributed by atoms with Gasteiger partial charge in [0.2, 0.25) is 0 Å². The number of anilines is 1. The highest BCUT2D eigenvalue weighted by molar-refractivity contribution is 6.18. The molecule has 1 saturated heterocycles. The molecule has 0 aliphatic carbocycles. The van der Waals surface area contributed by atoms with E-state index in [4.69, 9.17) is 32.5 Å². The maximum atomic E-state index is 13.6. The third-order valence-electron chi connectivity index (χ3n) is 4.32. The molecular weight excluding hydrogens is 371 g/mol. The Labute approximate surface area is 154 Å². The number of halogens is 2. The Balaban J connectivity index is 2.17. The van der Waals surface area contributed by atoms with Crippen molar-refractivity contribution >= 4 is 23.4 Å². The Morgan fingerprint density at radius 3 is 2.88 bits per heavy atom. The van der Waals surface area contributed by atoms with Gasteiger partial charge in [-0.2, -0.15) is 4.98 Å². The summed E-state index contributed by atoms with van der Waals surface area (Å²) in [5.41, 5.74) is 8.66. The number of nitrogen functional groups attached to an aromatic ring is 1. The lowest BCUT2D eigenvalue weighted by Gasteiger charge is -2.30. The second kappa shape index (κ2) is 7.87. The van der Waals surface area contributed by atoms with Crippen LogP contribution in [0, 0.1) is 11.7 Å². The van der Waals surface area contributed by atoms with Gasteiger partial charge in [-0.05, 0) is 5.92 Å². The fraction of sp³-hybridized carbons (Fsp3) is 0.667. The SMILES string of the molecule is CC(C)[C@H](N)C(=O)OC[C@@]1(CCl)O[C@@H](n2cc(F)c(N)nc2=O)C[C@@H]1O. The van der Waals surface area contributed by atoms with Gasteiger partial charge in [0.15, 0.2) is 11.6 Å². The van der Waals surface area contributed by atoms with Crippen molar-refractivity contribution in [2.45, 2.75) is 44.2 Å². The van der Waals surface area contributed by atoms with Crippen LogP contribution in [0.15, 0.2) is 11.0 Å². The minimum Gasteiger partial charge on any atom is -0.461 e. The molecule has 1 fully saturated rings. The van der Waals surface area contributed by atoms with E-state index in [9.17, 15) is 19.1 Å². The number of nitrogens with zero attached hydrogens (tertiary/aromatic N) is 2. The van der Waals surface area contributed by atoms with E-state index in [0.717, 1.165) is 10.8 Å². The normalized spacial score (nSPS) is 26.9. The number of alkyl halides is 1. The summed E-state index contributed by atoms with van der Waals surface area (Å²) in [7, 11) is 0. The number of hydrogen-bond acceptors (Lipinski definition) is 8. The van der Waals surface area contributed by atoms with Crippen LogP contribution in [0.4, 0.5) is 10.2 Å². The Bertz CT molecular complexity index is 730. The molecule has 26 heavy (non-hydrogen) atoms. The first-order chi connectivity index (χ1) is 12.1. The number of nitrogens with two attached hydrogens (primary N) is 2. The zero-order chi connectivity index (χ0) is 19.6. The summed E-state index contributed by atoms with van der Waals surface area (Å²) in [6.07, 6.45) is -1.45. The predicted molar refractivity (Wildman–Crippen MR) is 90.8 cm³/mol. The van der Waals surface area contributed by atoms with Crippen LogP contribution in [-0.2, 0) is 14.3 Å². The van der Waals surface area contributed by atoms with Crippen molar-refractivity contribution in [1.29, 1.82) is 0 Å². The van der Waals surface area contributed by atoms with E-state index in [-0.39, 0.29) is 24.8 Å². The lowest BCUT2D eigenvalue weighted by molar-refractivity contribution is -0.164. The molecule has 0 aromatic carbocycles. The molecule has 1 aromatic heterocycles. The second-order valence-electron chi connectivity index (χ2n) is 6.56. The van der Waals surface area contributed by atoms with Gasteiger partial charge in [0, 0.05) is 6.42 Å². The minimum absolute atomic E-state index is 0.0779. The van der Waals surface area contributed by atoms with Gasteiger partial charge in [0.05, 0.1) is 18.2 Å². The zero-order valence-corrected chi connectivity index (χ0v) is 15.1. The number of aromatic nitrogens is 2. The number of esters is 1. The van der Waals surface area contributed by atoms with Gasteiger partial charge in [-0.3, -0.25) is 9.36 Å². The van der Waals surface area contributed by atoms with Crippen molar-refractivity contribution in [2.75, 3.05) is 18.2 Å². The largest absolute Gasteiger partial charge is 0.461 e. The Hall–Kier alpha value is -1.75. The first-order valence-corrected chi connectivity index (χ1v) is 8.53. The number of aliphatic hydroxyl groups is 1. The summed E-state index contributed by atoms with van der Waals surface area (Å²) >= 11 is 5.93. The highest BCUT2D eigenvalue weighted by Crippen LogP contribution is 2.37. The van der Waals surface area contributed by atoms with E-state index >= 15 is 0 Å². The summed E-state index contributed by atoms with van der Waals surface area (Å²) in [6, 6.07) is -0.838. The summed E-state index contributed by atoms with van der Waals surface area (Å²) < 4.78 is 25.3. The van der Waals surface area contributed by atoms with Crippen molar-refractivity contribution < 1.29 is 23.8 Å². The van der Waals surface area contributed by atoms with E-state index in [1.54, 1.807) is 13.8 Å². The van der Waals surface area contributed by atoms with Crippen LogP contribution in [0.5, 0.6) is 0 Å². The molecule has 5 N–H and O–H groups in total. The summed E-state index contributed by atoms with van der Waals surface area (Å²) in [5, 5.41) is 10.4. The van der Waals surface area contributed by atoms with Gasteiger partial charge in [0.25, 0.3) is 0 Å². The van der Waals surface area contributed by atoms with Crippen molar-refractivity contribution in [3.05, 3.63) is 22.5 Å². The Morgan fingerprint density at radius 2 is 2.31 bits per heavy atom. The standard InChI is InChI=1S/C15H22ClFN4O5/c1-7(2)11(18)13(23)25-6-15(5-16)9(22)3-10(26-15)21-4-8(17)12(19)20-14(21)24/h4,7,9-11,22H,3,5-6,18H2,1-2H3,(H2,19,20,24)/t9-,10+,11-,15+/m0/s1. The fourth-order valence-electron chi connectivity index (χ4n) is 2.49. The monoisotopic (exact) mass is 392 g/mol.